The highest BCUT2D eigenvalue weighted by atomic mass is 32.1. The Labute approximate surface area is 179 Å². The number of aromatic nitrogens is 2. The van der Waals surface area contributed by atoms with Crippen LogP contribution < -0.4 is 15.8 Å². The molecule has 5 rings (SSSR count). The van der Waals surface area contributed by atoms with Crippen molar-refractivity contribution in [3.63, 3.8) is 0 Å². The number of benzene rings is 1. The third-order valence-electron chi connectivity index (χ3n) is 6.01. The molecule has 1 atom stereocenters. The van der Waals surface area contributed by atoms with E-state index in [0.717, 1.165) is 43.3 Å². The minimum atomic E-state index is -0.0535. The molecule has 1 aliphatic heterocycles. The summed E-state index contributed by atoms with van der Waals surface area (Å²) in [5.41, 5.74) is 3.00. The zero-order valence-corrected chi connectivity index (χ0v) is 18.0. The number of hydrogen-bond donors (Lipinski definition) is 1. The van der Waals surface area contributed by atoms with Gasteiger partial charge in [0.2, 0.25) is 11.9 Å². The van der Waals surface area contributed by atoms with Gasteiger partial charge in [-0.3, -0.25) is 14.2 Å². The number of nitrogens with zero attached hydrogens (tertiary/aromatic N) is 3. The minimum absolute atomic E-state index is 0.00451. The number of carbonyl (C=O) groups excluding carboxylic acids is 1. The van der Waals surface area contributed by atoms with E-state index in [0.29, 0.717) is 29.8 Å². The lowest BCUT2D eigenvalue weighted by atomic mass is 9.97. The predicted molar refractivity (Wildman–Crippen MR) is 120 cm³/mol. The van der Waals surface area contributed by atoms with E-state index in [-0.39, 0.29) is 17.4 Å². The van der Waals surface area contributed by atoms with Crippen LogP contribution in [0.5, 0.6) is 0 Å². The second-order valence-electron chi connectivity index (χ2n) is 8.49. The molecule has 2 aromatic heterocycles. The molecule has 156 valence electrons. The number of thiophene rings is 1. The molecule has 0 bridgehead atoms. The molecule has 1 aliphatic carbocycles. The van der Waals surface area contributed by atoms with E-state index < -0.39 is 0 Å². The van der Waals surface area contributed by atoms with Crippen LogP contribution in [-0.4, -0.2) is 34.6 Å². The Bertz CT molecular complexity index is 1130. The Morgan fingerprint density at radius 1 is 1.20 bits per heavy atom. The lowest BCUT2D eigenvalue weighted by Gasteiger charge is -2.34. The molecule has 3 heterocycles. The summed E-state index contributed by atoms with van der Waals surface area (Å²) in [7, 11) is 0. The topological polar surface area (TPSA) is 67.2 Å². The molecule has 30 heavy (non-hydrogen) atoms. The van der Waals surface area contributed by atoms with Gasteiger partial charge in [-0.1, -0.05) is 29.8 Å². The predicted octanol–water partition coefficient (Wildman–Crippen LogP) is 3.31. The van der Waals surface area contributed by atoms with Crippen molar-refractivity contribution < 1.29 is 4.79 Å². The van der Waals surface area contributed by atoms with Crippen LogP contribution in [0.4, 0.5) is 5.95 Å². The fourth-order valence-corrected chi connectivity index (χ4v) is 4.89. The van der Waals surface area contributed by atoms with Crippen LogP contribution in [0.1, 0.15) is 36.8 Å². The smallest absolute Gasteiger partial charge is 0.273 e. The summed E-state index contributed by atoms with van der Waals surface area (Å²) in [5, 5.41) is 5.06. The van der Waals surface area contributed by atoms with Crippen LogP contribution in [0.2, 0.25) is 0 Å². The summed E-state index contributed by atoms with van der Waals surface area (Å²) in [5.74, 6) is 0.767. The number of carbonyl (C=O) groups is 1. The van der Waals surface area contributed by atoms with Crippen LogP contribution in [0.25, 0.3) is 10.2 Å². The van der Waals surface area contributed by atoms with Crippen molar-refractivity contribution in [1.82, 2.24) is 14.9 Å². The number of rotatable bonds is 5. The minimum Gasteiger partial charge on any atom is -0.353 e. The Morgan fingerprint density at radius 3 is 2.77 bits per heavy atom. The number of piperidine rings is 1. The van der Waals surface area contributed by atoms with Gasteiger partial charge in [-0.05, 0) is 49.6 Å². The lowest BCUT2D eigenvalue weighted by molar-refractivity contribution is -0.125. The third kappa shape index (κ3) is 3.86. The van der Waals surface area contributed by atoms with Gasteiger partial charge in [0.1, 0.15) is 4.70 Å². The largest absolute Gasteiger partial charge is 0.353 e. The first-order chi connectivity index (χ1) is 14.6. The number of fused-ring (bicyclic) bond motifs is 1. The number of anilines is 1. The Kier molecular flexibility index (Phi) is 5.06. The number of hydrogen-bond acceptors (Lipinski definition) is 5. The average Bonchev–Trinajstić information content (AvgIpc) is 3.44. The van der Waals surface area contributed by atoms with Crippen molar-refractivity contribution in [3.8, 4) is 0 Å². The van der Waals surface area contributed by atoms with Gasteiger partial charge in [0.15, 0.2) is 0 Å². The maximum absolute atomic E-state index is 13.3. The summed E-state index contributed by atoms with van der Waals surface area (Å²) in [6.45, 7) is 3.95. The van der Waals surface area contributed by atoms with E-state index in [4.69, 9.17) is 4.98 Å². The zero-order valence-electron chi connectivity index (χ0n) is 17.1. The van der Waals surface area contributed by atoms with Crippen molar-refractivity contribution >= 4 is 33.4 Å². The van der Waals surface area contributed by atoms with Crippen LogP contribution in [0.3, 0.4) is 0 Å². The summed E-state index contributed by atoms with van der Waals surface area (Å²) in [4.78, 5) is 33.0. The highest BCUT2D eigenvalue weighted by Gasteiger charge is 2.32. The average molecular weight is 423 g/mol. The molecular formula is C23H26N4O2S. The molecule has 3 aromatic rings. The molecule has 1 N–H and O–H groups in total. The molecule has 1 saturated carbocycles. The highest BCUT2D eigenvalue weighted by molar-refractivity contribution is 7.17. The Hall–Kier alpha value is -2.67. The molecule has 6 nitrogen and oxygen atoms in total. The van der Waals surface area contributed by atoms with E-state index >= 15 is 0 Å². The molecule has 1 unspecified atom stereocenters. The van der Waals surface area contributed by atoms with E-state index in [2.05, 4.69) is 41.4 Å². The van der Waals surface area contributed by atoms with Gasteiger partial charge in [-0.2, -0.15) is 0 Å². The van der Waals surface area contributed by atoms with Crippen LogP contribution in [0, 0.1) is 12.8 Å². The van der Waals surface area contributed by atoms with E-state index in [9.17, 15) is 9.59 Å². The van der Waals surface area contributed by atoms with Crippen LogP contribution >= 0.6 is 11.3 Å². The summed E-state index contributed by atoms with van der Waals surface area (Å²) >= 11 is 1.44. The summed E-state index contributed by atoms with van der Waals surface area (Å²) < 4.78 is 2.47. The SMILES string of the molecule is Cc1ccc(Cn2c(N3CCCC(C(=O)NC4CC4)C3)nc3ccsc3c2=O)cc1. The fraction of sp³-hybridized carbons (Fsp3) is 0.435. The van der Waals surface area contributed by atoms with Crippen molar-refractivity contribution in [2.24, 2.45) is 5.92 Å². The molecule has 0 radical (unpaired) electrons. The van der Waals surface area contributed by atoms with Crippen molar-refractivity contribution in [2.75, 3.05) is 18.0 Å². The van der Waals surface area contributed by atoms with E-state index in [1.807, 2.05) is 11.4 Å². The summed E-state index contributed by atoms with van der Waals surface area (Å²) in [6.07, 6.45) is 3.99. The molecule has 1 saturated heterocycles. The van der Waals surface area contributed by atoms with Gasteiger partial charge in [-0.15, -0.1) is 11.3 Å². The van der Waals surface area contributed by atoms with E-state index in [1.165, 1.54) is 16.9 Å². The Morgan fingerprint density at radius 2 is 2.00 bits per heavy atom. The number of nitrogens with one attached hydrogen (secondary N) is 1. The monoisotopic (exact) mass is 422 g/mol. The van der Waals surface area contributed by atoms with Crippen molar-refractivity contribution in [1.29, 1.82) is 0 Å². The highest BCUT2D eigenvalue weighted by Crippen LogP contribution is 2.26. The van der Waals surface area contributed by atoms with Gasteiger partial charge in [-0.25, -0.2) is 4.98 Å². The third-order valence-corrected chi connectivity index (χ3v) is 6.90. The van der Waals surface area contributed by atoms with Crippen LogP contribution in [-0.2, 0) is 11.3 Å². The van der Waals surface area contributed by atoms with Gasteiger partial charge in [0.05, 0.1) is 18.0 Å². The van der Waals surface area contributed by atoms with Gasteiger partial charge in [0, 0.05) is 19.1 Å². The molecule has 1 aromatic carbocycles. The second kappa shape index (κ2) is 7.87. The molecule has 1 amide bonds. The zero-order chi connectivity index (χ0) is 20.7. The van der Waals surface area contributed by atoms with Crippen molar-refractivity contribution in [2.45, 2.75) is 45.2 Å². The van der Waals surface area contributed by atoms with Crippen molar-refractivity contribution in [3.05, 3.63) is 57.2 Å². The maximum atomic E-state index is 13.3. The number of aryl methyl sites for hydroxylation is 1. The maximum Gasteiger partial charge on any atom is 0.273 e. The van der Waals surface area contributed by atoms with Gasteiger partial charge < -0.3 is 10.2 Å². The molecule has 2 fully saturated rings. The standard InChI is InChI=1S/C23H26N4O2S/c1-15-4-6-16(7-5-15)13-27-22(29)20-19(10-12-30-20)25-23(27)26-11-2-3-17(14-26)21(28)24-18-8-9-18/h4-7,10,12,17-18H,2-3,8-9,11,13-14H2,1H3,(H,24,28). The van der Waals surface area contributed by atoms with Gasteiger partial charge in [0.25, 0.3) is 5.56 Å². The Balaban J connectivity index is 1.49. The number of amides is 1. The quantitative estimate of drug-likeness (QED) is 0.685. The first-order valence-corrected chi connectivity index (χ1v) is 11.6. The van der Waals surface area contributed by atoms with E-state index in [1.54, 1.807) is 4.57 Å². The summed E-state index contributed by atoms with van der Waals surface area (Å²) in [6, 6.07) is 10.5. The first kappa shape index (κ1) is 19.3. The van der Waals surface area contributed by atoms with Crippen LogP contribution in [0.15, 0.2) is 40.5 Å². The molecule has 7 heteroatoms. The lowest BCUT2D eigenvalue weighted by Crippen LogP contribution is -2.45. The van der Waals surface area contributed by atoms with Gasteiger partial charge >= 0.3 is 0 Å². The normalized spacial score (nSPS) is 19.2. The fourth-order valence-electron chi connectivity index (χ4n) is 4.11. The first-order valence-electron chi connectivity index (χ1n) is 10.7. The molecule has 0 spiro atoms. The second-order valence-corrected chi connectivity index (χ2v) is 9.41. The molecular weight excluding hydrogens is 396 g/mol. The molecule has 2 aliphatic rings.